The maximum absolute atomic E-state index is 5.36. The summed E-state index contributed by atoms with van der Waals surface area (Å²) in [6.07, 6.45) is 1.01. The highest BCUT2D eigenvalue weighted by Gasteiger charge is 2.24. The lowest BCUT2D eigenvalue weighted by atomic mass is 10.1. The molecule has 2 aliphatic rings. The van der Waals surface area contributed by atoms with Crippen LogP contribution in [0.25, 0.3) is 0 Å². The molecule has 2 saturated heterocycles. The zero-order valence-electron chi connectivity index (χ0n) is 11.5. The third-order valence-electron chi connectivity index (χ3n) is 4.05. The molecule has 6 nitrogen and oxygen atoms in total. The van der Waals surface area contributed by atoms with Gasteiger partial charge in [0.15, 0.2) is 5.82 Å². The molecule has 6 heteroatoms. The second kappa shape index (κ2) is 5.98. The van der Waals surface area contributed by atoms with Gasteiger partial charge in [-0.2, -0.15) is 4.98 Å². The smallest absolute Gasteiger partial charge is 0.240 e. The lowest BCUT2D eigenvalue weighted by Gasteiger charge is -2.33. The van der Waals surface area contributed by atoms with Crippen molar-refractivity contribution >= 4 is 0 Å². The molecule has 3 heterocycles. The van der Waals surface area contributed by atoms with Gasteiger partial charge in [-0.25, -0.2) is 0 Å². The van der Waals surface area contributed by atoms with Gasteiger partial charge in [0.1, 0.15) is 0 Å². The van der Waals surface area contributed by atoms with Crippen LogP contribution in [0.1, 0.15) is 31.0 Å². The van der Waals surface area contributed by atoms with E-state index in [4.69, 9.17) is 9.26 Å². The van der Waals surface area contributed by atoms with E-state index in [-0.39, 0.29) is 0 Å². The number of hydrogen-bond donors (Lipinski definition) is 0. The minimum absolute atomic E-state index is 0.328. The Morgan fingerprint density at radius 3 is 2.68 bits per heavy atom. The standard InChI is InChI=1S/C13H22N4O2/c1-2-16-4-6-17(7-5-16)9-12-14-13(15-19-12)11-3-8-18-10-11/h11H,2-10H2,1H3/t11-/m1/s1. The fourth-order valence-corrected chi connectivity index (χ4v) is 2.69. The van der Waals surface area contributed by atoms with Crippen LogP contribution < -0.4 is 0 Å². The van der Waals surface area contributed by atoms with Crippen molar-refractivity contribution in [3.05, 3.63) is 11.7 Å². The number of rotatable bonds is 4. The molecule has 1 aromatic rings. The lowest BCUT2D eigenvalue weighted by Crippen LogP contribution is -2.45. The van der Waals surface area contributed by atoms with E-state index >= 15 is 0 Å². The van der Waals surface area contributed by atoms with Crippen LogP contribution in [0, 0.1) is 0 Å². The van der Waals surface area contributed by atoms with Gasteiger partial charge >= 0.3 is 0 Å². The fraction of sp³-hybridized carbons (Fsp3) is 0.846. The Kier molecular flexibility index (Phi) is 4.10. The van der Waals surface area contributed by atoms with Crippen molar-refractivity contribution in [3.8, 4) is 0 Å². The third kappa shape index (κ3) is 3.13. The molecule has 0 saturated carbocycles. The maximum atomic E-state index is 5.36. The van der Waals surface area contributed by atoms with Crippen LogP contribution in [0.2, 0.25) is 0 Å². The molecular weight excluding hydrogens is 244 g/mol. The zero-order chi connectivity index (χ0) is 13.1. The van der Waals surface area contributed by atoms with Gasteiger partial charge in [-0.15, -0.1) is 0 Å². The van der Waals surface area contributed by atoms with E-state index in [1.807, 2.05) is 0 Å². The Balaban J connectivity index is 1.52. The summed E-state index contributed by atoms with van der Waals surface area (Å²) in [5, 5.41) is 4.09. The van der Waals surface area contributed by atoms with Gasteiger partial charge in [-0.3, -0.25) is 4.90 Å². The normalized spacial score (nSPS) is 26.1. The molecule has 0 radical (unpaired) electrons. The molecule has 0 unspecified atom stereocenters. The first-order valence-electron chi connectivity index (χ1n) is 7.20. The van der Waals surface area contributed by atoms with Gasteiger partial charge in [0.05, 0.1) is 13.2 Å². The van der Waals surface area contributed by atoms with Crippen molar-refractivity contribution in [2.24, 2.45) is 0 Å². The molecule has 0 aliphatic carbocycles. The number of ether oxygens (including phenoxy) is 1. The maximum Gasteiger partial charge on any atom is 0.240 e. The number of aromatic nitrogens is 2. The summed E-state index contributed by atoms with van der Waals surface area (Å²) in [5.74, 6) is 1.89. The third-order valence-corrected chi connectivity index (χ3v) is 4.05. The summed E-state index contributed by atoms with van der Waals surface area (Å²) in [5.41, 5.74) is 0. The topological polar surface area (TPSA) is 54.6 Å². The summed E-state index contributed by atoms with van der Waals surface area (Å²) in [6, 6.07) is 0. The number of hydrogen-bond acceptors (Lipinski definition) is 6. The van der Waals surface area contributed by atoms with E-state index in [1.165, 1.54) is 0 Å². The van der Waals surface area contributed by atoms with E-state index in [2.05, 4.69) is 26.9 Å². The van der Waals surface area contributed by atoms with Crippen LogP contribution in [-0.4, -0.2) is 65.9 Å². The number of nitrogens with zero attached hydrogens (tertiary/aromatic N) is 4. The molecule has 0 amide bonds. The summed E-state index contributed by atoms with van der Waals surface area (Å²) >= 11 is 0. The van der Waals surface area contributed by atoms with Gasteiger partial charge in [-0.1, -0.05) is 12.1 Å². The minimum atomic E-state index is 0.328. The average molecular weight is 266 g/mol. The molecular formula is C13H22N4O2. The predicted molar refractivity (Wildman–Crippen MR) is 69.9 cm³/mol. The highest BCUT2D eigenvalue weighted by Crippen LogP contribution is 2.22. The molecule has 2 aliphatic heterocycles. The lowest BCUT2D eigenvalue weighted by molar-refractivity contribution is 0.121. The molecule has 19 heavy (non-hydrogen) atoms. The summed E-state index contributed by atoms with van der Waals surface area (Å²) in [4.78, 5) is 9.36. The second-order valence-corrected chi connectivity index (χ2v) is 5.32. The van der Waals surface area contributed by atoms with Gasteiger partial charge in [-0.05, 0) is 13.0 Å². The van der Waals surface area contributed by atoms with Gasteiger partial charge < -0.3 is 14.2 Å². The van der Waals surface area contributed by atoms with E-state index < -0.39 is 0 Å². The summed E-state index contributed by atoms with van der Waals surface area (Å²) in [6.45, 7) is 10.1. The number of piperazine rings is 1. The van der Waals surface area contributed by atoms with Crippen molar-refractivity contribution in [3.63, 3.8) is 0 Å². The van der Waals surface area contributed by atoms with Gasteiger partial charge in [0, 0.05) is 38.7 Å². The van der Waals surface area contributed by atoms with E-state index in [0.717, 1.165) is 70.6 Å². The first-order valence-corrected chi connectivity index (χ1v) is 7.20. The molecule has 0 aromatic carbocycles. The minimum Gasteiger partial charge on any atom is -0.381 e. The van der Waals surface area contributed by atoms with Gasteiger partial charge in [0.2, 0.25) is 5.89 Å². The molecule has 1 aromatic heterocycles. The Hall–Kier alpha value is -0.980. The second-order valence-electron chi connectivity index (χ2n) is 5.32. The Bertz CT molecular complexity index is 395. The summed E-state index contributed by atoms with van der Waals surface area (Å²) in [7, 11) is 0. The largest absolute Gasteiger partial charge is 0.381 e. The highest BCUT2D eigenvalue weighted by atomic mass is 16.5. The highest BCUT2D eigenvalue weighted by molar-refractivity contribution is 4.97. The van der Waals surface area contributed by atoms with Crippen molar-refractivity contribution in [1.29, 1.82) is 0 Å². The Labute approximate surface area is 113 Å². The first kappa shape index (κ1) is 13.0. The first-order chi connectivity index (χ1) is 9.35. The van der Waals surface area contributed by atoms with Crippen molar-refractivity contribution in [1.82, 2.24) is 19.9 Å². The molecule has 1 atom stereocenters. The van der Waals surface area contributed by atoms with E-state index in [1.54, 1.807) is 0 Å². The fourth-order valence-electron chi connectivity index (χ4n) is 2.69. The monoisotopic (exact) mass is 266 g/mol. The average Bonchev–Trinajstić information content (AvgIpc) is 3.10. The van der Waals surface area contributed by atoms with E-state index in [9.17, 15) is 0 Å². The SMILES string of the molecule is CCN1CCN(Cc2nc([C@@H]3CCOC3)no2)CC1. The Morgan fingerprint density at radius 1 is 1.21 bits per heavy atom. The van der Waals surface area contributed by atoms with Crippen molar-refractivity contribution in [2.75, 3.05) is 45.9 Å². The number of likely N-dealkylation sites (N-methyl/N-ethyl adjacent to an activating group) is 1. The van der Waals surface area contributed by atoms with Crippen LogP contribution in [0.5, 0.6) is 0 Å². The van der Waals surface area contributed by atoms with E-state index in [0.29, 0.717) is 5.92 Å². The van der Waals surface area contributed by atoms with Crippen LogP contribution in [0.3, 0.4) is 0 Å². The Morgan fingerprint density at radius 2 is 2.00 bits per heavy atom. The molecule has 0 N–H and O–H groups in total. The van der Waals surface area contributed by atoms with Crippen LogP contribution in [0.4, 0.5) is 0 Å². The molecule has 106 valence electrons. The van der Waals surface area contributed by atoms with Crippen molar-refractivity contribution in [2.45, 2.75) is 25.8 Å². The van der Waals surface area contributed by atoms with Crippen LogP contribution in [-0.2, 0) is 11.3 Å². The molecule has 0 spiro atoms. The van der Waals surface area contributed by atoms with Gasteiger partial charge in [0.25, 0.3) is 0 Å². The van der Waals surface area contributed by atoms with Crippen molar-refractivity contribution < 1.29 is 9.26 Å². The summed E-state index contributed by atoms with van der Waals surface area (Å²) < 4.78 is 10.7. The molecule has 3 rings (SSSR count). The molecule has 2 fully saturated rings. The molecule has 0 bridgehead atoms. The zero-order valence-corrected chi connectivity index (χ0v) is 11.5. The quantitative estimate of drug-likeness (QED) is 0.800. The van der Waals surface area contributed by atoms with Crippen LogP contribution >= 0.6 is 0 Å². The van der Waals surface area contributed by atoms with Crippen LogP contribution in [0.15, 0.2) is 4.52 Å². The predicted octanol–water partition coefficient (Wildman–Crippen LogP) is 0.711.